The smallest absolute Gasteiger partial charge is 0.0925 e. The summed E-state index contributed by atoms with van der Waals surface area (Å²) in [6, 6.07) is 0. The quantitative estimate of drug-likeness (QED) is 0.646. The second-order valence-corrected chi connectivity index (χ2v) is 3.20. The number of hydrogen-bond donors (Lipinski definition) is 2. The Hall–Kier alpha value is -0.870. The van der Waals surface area contributed by atoms with Gasteiger partial charge >= 0.3 is 0 Å². The molecule has 80 valence electrons. The fourth-order valence-electron chi connectivity index (χ4n) is 1.22. The first-order valence-electron chi connectivity index (χ1n) is 5.12. The number of hydrogen-bond acceptors (Lipinski definition) is 3. The van der Waals surface area contributed by atoms with Crippen LogP contribution in [0.2, 0.25) is 0 Å². The molecular formula is C10H19N3O. The number of nitrogens with one attached hydrogen (secondary N) is 2. The Morgan fingerprint density at radius 1 is 1.57 bits per heavy atom. The highest BCUT2D eigenvalue weighted by Crippen LogP contribution is 1.98. The summed E-state index contributed by atoms with van der Waals surface area (Å²) in [6.07, 6.45) is 2.78. The zero-order valence-corrected chi connectivity index (χ0v) is 8.97. The van der Waals surface area contributed by atoms with Crippen LogP contribution in [0.5, 0.6) is 0 Å². The van der Waals surface area contributed by atoms with Crippen LogP contribution in [0.15, 0.2) is 6.33 Å². The molecular weight excluding hydrogens is 178 g/mol. The summed E-state index contributed by atoms with van der Waals surface area (Å²) >= 11 is 0. The first-order chi connectivity index (χ1) is 6.84. The average Bonchev–Trinajstić information content (AvgIpc) is 2.58. The molecule has 0 bridgehead atoms. The lowest BCUT2D eigenvalue weighted by molar-refractivity contribution is 0.144. The normalized spacial score (nSPS) is 10.7. The second kappa shape index (κ2) is 6.56. The number of aromatic nitrogens is 2. The zero-order chi connectivity index (χ0) is 10.2. The molecule has 2 N–H and O–H groups in total. The van der Waals surface area contributed by atoms with Crippen molar-refractivity contribution in [2.75, 3.05) is 19.8 Å². The molecule has 0 saturated carbocycles. The van der Waals surface area contributed by atoms with E-state index in [-0.39, 0.29) is 0 Å². The van der Waals surface area contributed by atoms with Crippen LogP contribution in [-0.2, 0) is 11.3 Å². The summed E-state index contributed by atoms with van der Waals surface area (Å²) in [5, 5.41) is 3.33. The molecule has 0 radical (unpaired) electrons. The van der Waals surface area contributed by atoms with E-state index in [1.54, 1.807) is 6.33 Å². The van der Waals surface area contributed by atoms with E-state index >= 15 is 0 Å². The molecule has 4 heteroatoms. The maximum absolute atomic E-state index is 5.23. The summed E-state index contributed by atoms with van der Waals surface area (Å²) in [4.78, 5) is 7.25. The van der Waals surface area contributed by atoms with Gasteiger partial charge in [0.25, 0.3) is 0 Å². The molecule has 1 heterocycles. The van der Waals surface area contributed by atoms with Gasteiger partial charge in [-0.25, -0.2) is 4.98 Å². The molecule has 0 amide bonds. The molecule has 0 spiro atoms. The molecule has 0 fully saturated rings. The SMILES string of the molecule is CCOCCCNCc1nc[nH]c1C. The van der Waals surface area contributed by atoms with Gasteiger partial charge in [0.05, 0.1) is 12.0 Å². The van der Waals surface area contributed by atoms with Crippen molar-refractivity contribution in [3.05, 3.63) is 17.7 Å². The van der Waals surface area contributed by atoms with Crippen LogP contribution in [0, 0.1) is 6.92 Å². The Labute approximate surface area is 85.1 Å². The van der Waals surface area contributed by atoms with Crippen molar-refractivity contribution >= 4 is 0 Å². The minimum absolute atomic E-state index is 0.804. The molecule has 14 heavy (non-hydrogen) atoms. The van der Waals surface area contributed by atoms with Crippen LogP contribution in [0.25, 0.3) is 0 Å². The summed E-state index contributed by atoms with van der Waals surface area (Å²) < 4.78 is 5.23. The minimum atomic E-state index is 0.804. The molecule has 1 aromatic rings. The van der Waals surface area contributed by atoms with Gasteiger partial charge in [0.1, 0.15) is 0 Å². The van der Waals surface area contributed by atoms with Crippen molar-refractivity contribution < 1.29 is 4.74 Å². The molecule has 1 rings (SSSR count). The van der Waals surface area contributed by atoms with Gasteiger partial charge in [0.15, 0.2) is 0 Å². The standard InChI is InChI=1S/C10H19N3O/c1-3-14-6-4-5-11-7-10-9(2)12-8-13-10/h8,11H,3-7H2,1-2H3,(H,12,13). The average molecular weight is 197 g/mol. The molecule has 0 aliphatic rings. The predicted octanol–water partition coefficient (Wildman–Crippen LogP) is 1.23. The van der Waals surface area contributed by atoms with Gasteiger partial charge in [-0.3, -0.25) is 0 Å². The number of H-pyrrole nitrogens is 1. The van der Waals surface area contributed by atoms with Crippen LogP contribution in [-0.4, -0.2) is 29.7 Å². The van der Waals surface area contributed by atoms with Crippen molar-refractivity contribution in [1.29, 1.82) is 0 Å². The fraction of sp³-hybridized carbons (Fsp3) is 0.700. The molecule has 0 aromatic carbocycles. The van der Waals surface area contributed by atoms with Crippen molar-refractivity contribution in [2.24, 2.45) is 0 Å². The van der Waals surface area contributed by atoms with Crippen LogP contribution in [0.4, 0.5) is 0 Å². The van der Waals surface area contributed by atoms with Gasteiger partial charge in [-0.05, 0) is 26.8 Å². The highest BCUT2D eigenvalue weighted by molar-refractivity contribution is 5.07. The lowest BCUT2D eigenvalue weighted by Gasteiger charge is -2.03. The highest BCUT2D eigenvalue weighted by Gasteiger charge is 1.98. The highest BCUT2D eigenvalue weighted by atomic mass is 16.5. The maximum atomic E-state index is 5.23. The van der Waals surface area contributed by atoms with Crippen molar-refractivity contribution in [3.8, 4) is 0 Å². The Kier molecular flexibility index (Phi) is 5.25. The van der Waals surface area contributed by atoms with E-state index in [2.05, 4.69) is 15.3 Å². The second-order valence-electron chi connectivity index (χ2n) is 3.20. The molecule has 0 aliphatic heterocycles. The first kappa shape index (κ1) is 11.2. The largest absolute Gasteiger partial charge is 0.382 e. The summed E-state index contributed by atoms with van der Waals surface area (Å²) in [7, 11) is 0. The van der Waals surface area contributed by atoms with E-state index in [4.69, 9.17) is 4.74 Å². The Bertz CT molecular complexity index is 247. The number of rotatable bonds is 7. The number of nitrogens with zero attached hydrogens (tertiary/aromatic N) is 1. The van der Waals surface area contributed by atoms with E-state index < -0.39 is 0 Å². The predicted molar refractivity (Wildman–Crippen MR) is 56.1 cm³/mol. The third-order valence-electron chi connectivity index (χ3n) is 2.07. The van der Waals surface area contributed by atoms with Gasteiger partial charge in [0, 0.05) is 25.5 Å². The number of aromatic amines is 1. The number of aryl methyl sites for hydroxylation is 1. The van der Waals surface area contributed by atoms with Crippen LogP contribution in [0.1, 0.15) is 24.7 Å². The van der Waals surface area contributed by atoms with Crippen LogP contribution in [0.3, 0.4) is 0 Å². The van der Waals surface area contributed by atoms with Crippen LogP contribution < -0.4 is 5.32 Å². The molecule has 0 saturated heterocycles. The molecule has 4 nitrogen and oxygen atoms in total. The topological polar surface area (TPSA) is 49.9 Å². The van der Waals surface area contributed by atoms with Gasteiger partial charge in [-0.15, -0.1) is 0 Å². The maximum Gasteiger partial charge on any atom is 0.0925 e. The van der Waals surface area contributed by atoms with Gasteiger partial charge in [0.2, 0.25) is 0 Å². The monoisotopic (exact) mass is 197 g/mol. The summed E-state index contributed by atoms with van der Waals surface area (Å²) in [6.45, 7) is 7.50. The van der Waals surface area contributed by atoms with E-state index in [1.165, 1.54) is 0 Å². The van der Waals surface area contributed by atoms with E-state index in [0.717, 1.165) is 44.1 Å². The van der Waals surface area contributed by atoms with Crippen LogP contribution >= 0.6 is 0 Å². The Morgan fingerprint density at radius 3 is 3.07 bits per heavy atom. The molecule has 0 unspecified atom stereocenters. The molecule has 1 aromatic heterocycles. The minimum Gasteiger partial charge on any atom is -0.382 e. The fourth-order valence-corrected chi connectivity index (χ4v) is 1.22. The lowest BCUT2D eigenvalue weighted by Crippen LogP contribution is -2.17. The van der Waals surface area contributed by atoms with E-state index in [9.17, 15) is 0 Å². The summed E-state index contributed by atoms with van der Waals surface area (Å²) in [5.74, 6) is 0. The van der Waals surface area contributed by atoms with Gasteiger partial charge < -0.3 is 15.0 Å². The Balaban J connectivity index is 2.02. The first-order valence-corrected chi connectivity index (χ1v) is 5.12. The van der Waals surface area contributed by atoms with Gasteiger partial charge in [-0.1, -0.05) is 0 Å². The lowest BCUT2D eigenvalue weighted by atomic mass is 10.3. The third-order valence-corrected chi connectivity index (χ3v) is 2.07. The van der Waals surface area contributed by atoms with Gasteiger partial charge in [-0.2, -0.15) is 0 Å². The number of ether oxygens (including phenoxy) is 1. The van der Waals surface area contributed by atoms with E-state index in [0.29, 0.717) is 0 Å². The van der Waals surface area contributed by atoms with Crippen molar-refractivity contribution in [2.45, 2.75) is 26.8 Å². The van der Waals surface area contributed by atoms with Crippen molar-refractivity contribution in [3.63, 3.8) is 0 Å². The van der Waals surface area contributed by atoms with E-state index in [1.807, 2.05) is 13.8 Å². The molecule has 0 aliphatic carbocycles. The molecule has 0 atom stereocenters. The number of imidazole rings is 1. The summed E-state index contributed by atoms with van der Waals surface area (Å²) in [5.41, 5.74) is 2.24. The third kappa shape index (κ3) is 3.89. The zero-order valence-electron chi connectivity index (χ0n) is 8.97. The Morgan fingerprint density at radius 2 is 2.43 bits per heavy atom. The van der Waals surface area contributed by atoms with Crippen molar-refractivity contribution in [1.82, 2.24) is 15.3 Å².